The first kappa shape index (κ1) is 24.0. The van der Waals surface area contributed by atoms with E-state index in [-0.39, 0.29) is 17.5 Å². The lowest BCUT2D eigenvalue weighted by molar-refractivity contribution is -0.113. The van der Waals surface area contributed by atoms with Gasteiger partial charge in [-0.05, 0) is 56.9 Å². The first-order chi connectivity index (χ1) is 16.4. The molecule has 1 N–H and O–H groups in total. The predicted molar refractivity (Wildman–Crippen MR) is 130 cm³/mol. The first-order valence-corrected chi connectivity index (χ1v) is 12.6. The molecule has 4 rings (SSSR count). The second kappa shape index (κ2) is 10.4. The highest BCUT2D eigenvalue weighted by Gasteiger charge is 2.23. The molecule has 0 aliphatic heterocycles. The number of halogens is 1. The van der Waals surface area contributed by atoms with Crippen molar-refractivity contribution >= 4 is 23.5 Å². The molecule has 34 heavy (non-hydrogen) atoms. The Kier molecular flexibility index (Phi) is 7.37. The van der Waals surface area contributed by atoms with Gasteiger partial charge in [0.15, 0.2) is 5.16 Å². The van der Waals surface area contributed by atoms with Crippen LogP contribution >= 0.6 is 11.8 Å². The van der Waals surface area contributed by atoms with Crippen LogP contribution in [0.3, 0.4) is 0 Å². The van der Waals surface area contributed by atoms with E-state index in [1.165, 1.54) is 43.2 Å². The third-order valence-electron chi connectivity index (χ3n) is 6.56. The van der Waals surface area contributed by atoms with Gasteiger partial charge in [-0.3, -0.25) is 4.79 Å². The van der Waals surface area contributed by atoms with Gasteiger partial charge in [0.25, 0.3) is 0 Å². The zero-order chi connectivity index (χ0) is 24.2. The number of nitrogens with one attached hydrogen (secondary N) is 1. The van der Waals surface area contributed by atoms with Crippen LogP contribution in [0, 0.1) is 37.9 Å². The molecule has 1 fully saturated rings. The third kappa shape index (κ3) is 5.02. The Labute approximate surface area is 203 Å². The van der Waals surface area contributed by atoms with E-state index >= 15 is 0 Å². The van der Waals surface area contributed by atoms with E-state index in [0.29, 0.717) is 24.0 Å². The SMILES string of the molecule is Cc1c(C#N)c(NC(=O)CSc2nnc(C)n2C2CCCCC2)n(Cc2ccc(F)cc2)c1C. The van der Waals surface area contributed by atoms with E-state index in [2.05, 4.69) is 26.2 Å². The maximum absolute atomic E-state index is 13.3. The van der Waals surface area contributed by atoms with Crippen LogP contribution in [0.5, 0.6) is 0 Å². The number of carbonyl (C=O) groups excluding carboxylic acids is 1. The van der Waals surface area contributed by atoms with Crippen LogP contribution in [0.2, 0.25) is 0 Å². The Balaban J connectivity index is 1.51. The summed E-state index contributed by atoms with van der Waals surface area (Å²) in [5.74, 6) is 0.993. The molecule has 0 saturated heterocycles. The highest BCUT2D eigenvalue weighted by Crippen LogP contribution is 2.33. The summed E-state index contributed by atoms with van der Waals surface area (Å²) in [4.78, 5) is 13.0. The quantitative estimate of drug-likeness (QED) is 0.464. The number of hydrogen-bond acceptors (Lipinski definition) is 5. The third-order valence-corrected chi connectivity index (χ3v) is 7.50. The highest BCUT2D eigenvalue weighted by atomic mass is 32.2. The van der Waals surface area contributed by atoms with E-state index in [0.717, 1.165) is 40.6 Å². The molecule has 1 aliphatic carbocycles. The number of aromatic nitrogens is 4. The molecular weight excluding hydrogens is 451 g/mol. The average Bonchev–Trinajstić information content (AvgIpc) is 3.31. The second-order valence-corrected chi connectivity index (χ2v) is 9.73. The minimum Gasteiger partial charge on any atom is -0.326 e. The van der Waals surface area contributed by atoms with Crippen molar-refractivity contribution in [1.29, 1.82) is 5.26 Å². The molecule has 1 aromatic carbocycles. The monoisotopic (exact) mass is 480 g/mol. The van der Waals surface area contributed by atoms with Gasteiger partial charge in [-0.2, -0.15) is 5.26 Å². The van der Waals surface area contributed by atoms with E-state index < -0.39 is 0 Å². The Hall–Kier alpha value is -3.12. The Bertz CT molecular complexity index is 1220. The summed E-state index contributed by atoms with van der Waals surface area (Å²) in [6, 6.07) is 8.84. The summed E-state index contributed by atoms with van der Waals surface area (Å²) >= 11 is 1.37. The van der Waals surface area contributed by atoms with Crippen LogP contribution < -0.4 is 5.32 Å². The van der Waals surface area contributed by atoms with Crippen LogP contribution in [-0.2, 0) is 11.3 Å². The van der Waals surface area contributed by atoms with Crippen molar-refractivity contribution in [2.45, 2.75) is 70.6 Å². The van der Waals surface area contributed by atoms with Crippen molar-refractivity contribution in [2.24, 2.45) is 0 Å². The molecule has 0 radical (unpaired) electrons. The highest BCUT2D eigenvalue weighted by molar-refractivity contribution is 7.99. The number of rotatable bonds is 7. The van der Waals surface area contributed by atoms with Crippen LogP contribution in [0.25, 0.3) is 0 Å². The standard InChI is InChI=1S/C25H29FN6OS/c1-16-17(2)31(14-19-9-11-20(26)12-10-19)24(22(16)13-27)28-23(33)15-34-25-30-29-18(3)32(25)21-7-5-4-6-8-21/h9-12,21H,4-8,14-15H2,1-3H3,(H,28,33). The van der Waals surface area contributed by atoms with Crippen LogP contribution in [-0.4, -0.2) is 31.0 Å². The zero-order valence-electron chi connectivity index (χ0n) is 19.8. The van der Waals surface area contributed by atoms with Gasteiger partial charge in [-0.25, -0.2) is 4.39 Å². The van der Waals surface area contributed by atoms with Gasteiger partial charge in [0, 0.05) is 18.3 Å². The lowest BCUT2D eigenvalue weighted by Gasteiger charge is -2.24. The number of benzene rings is 1. The largest absolute Gasteiger partial charge is 0.326 e. The minimum absolute atomic E-state index is 0.162. The second-order valence-electron chi connectivity index (χ2n) is 8.79. The summed E-state index contributed by atoms with van der Waals surface area (Å²) in [5.41, 5.74) is 3.03. The smallest absolute Gasteiger partial charge is 0.235 e. The van der Waals surface area contributed by atoms with Crippen molar-refractivity contribution < 1.29 is 9.18 Å². The molecule has 1 aliphatic rings. The van der Waals surface area contributed by atoms with Crippen molar-refractivity contribution in [3.8, 4) is 6.07 Å². The summed E-state index contributed by atoms with van der Waals surface area (Å²) in [5, 5.41) is 22.0. The van der Waals surface area contributed by atoms with Crippen molar-refractivity contribution in [1.82, 2.24) is 19.3 Å². The normalized spacial score (nSPS) is 14.2. The lowest BCUT2D eigenvalue weighted by Crippen LogP contribution is -2.20. The van der Waals surface area contributed by atoms with Gasteiger partial charge in [-0.1, -0.05) is 43.2 Å². The van der Waals surface area contributed by atoms with Crippen molar-refractivity contribution in [2.75, 3.05) is 11.1 Å². The molecule has 178 valence electrons. The number of amides is 1. The van der Waals surface area contributed by atoms with E-state index in [1.807, 2.05) is 25.3 Å². The van der Waals surface area contributed by atoms with E-state index in [9.17, 15) is 14.4 Å². The van der Waals surface area contributed by atoms with Crippen LogP contribution in [0.1, 0.15) is 66.4 Å². The number of nitriles is 1. The molecule has 1 saturated carbocycles. The average molecular weight is 481 g/mol. The van der Waals surface area contributed by atoms with Gasteiger partial charge >= 0.3 is 0 Å². The fourth-order valence-corrected chi connectivity index (χ4v) is 5.46. The molecule has 0 spiro atoms. The number of carbonyl (C=O) groups is 1. The maximum Gasteiger partial charge on any atom is 0.235 e. The first-order valence-electron chi connectivity index (χ1n) is 11.6. The van der Waals surface area contributed by atoms with Crippen LogP contribution in [0.4, 0.5) is 10.2 Å². The van der Waals surface area contributed by atoms with Gasteiger partial charge in [0.05, 0.1) is 11.3 Å². The number of aryl methyl sites for hydroxylation is 1. The van der Waals surface area contributed by atoms with E-state index in [1.54, 1.807) is 12.1 Å². The molecule has 0 bridgehead atoms. The van der Waals surface area contributed by atoms with E-state index in [4.69, 9.17) is 0 Å². The van der Waals surface area contributed by atoms with Crippen LogP contribution in [0.15, 0.2) is 29.4 Å². The number of anilines is 1. The Morgan fingerprint density at radius 1 is 1.18 bits per heavy atom. The van der Waals surface area contributed by atoms with Gasteiger partial charge in [-0.15, -0.1) is 10.2 Å². The molecule has 2 heterocycles. The molecule has 7 nitrogen and oxygen atoms in total. The predicted octanol–water partition coefficient (Wildman–Crippen LogP) is 5.30. The molecule has 0 unspecified atom stereocenters. The number of hydrogen-bond donors (Lipinski definition) is 1. The topological polar surface area (TPSA) is 88.5 Å². The fourth-order valence-electron chi connectivity index (χ4n) is 4.61. The molecular formula is C25H29FN6OS. The van der Waals surface area contributed by atoms with Gasteiger partial charge in [0.1, 0.15) is 23.5 Å². The summed E-state index contributed by atoms with van der Waals surface area (Å²) in [6.07, 6.45) is 5.89. The molecule has 1 amide bonds. The fraction of sp³-hybridized carbons (Fsp3) is 0.440. The van der Waals surface area contributed by atoms with Gasteiger partial charge in [0.2, 0.25) is 5.91 Å². The Morgan fingerprint density at radius 3 is 2.56 bits per heavy atom. The molecule has 0 atom stereocenters. The number of nitrogens with zero attached hydrogens (tertiary/aromatic N) is 5. The zero-order valence-corrected chi connectivity index (χ0v) is 20.6. The summed E-state index contributed by atoms with van der Waals surface area (Å²) < 4.78 is 17.4. The summed E-state index contributed by atoms with van der Waals surface area (Å²) in [6.45, 7) is 6.17. The molecule has 3 aromatic rings. The number of thioether (sulfide) groups is 1. The van der Waals surface area contributed by atoms with Crippen molar-refractivity contribution in [3.05, 3.63) is 58.3 Å². The molecule has 2 aromatic heterocycles. The molecule has 9 heteroatoms. The van der Waals surface area contributed by atoms with Gasteiger partial charge < -0.3 is 14.5 Å². The lowest BCUT2D eigenvalue weighted by atomic mass is 9.95. The maximum atomic E-state index is 13.3. The minimum atomic E-state index is -0.302. The summed E-state index contributed by atoms with van der Waals surface area (Å²) in [7, 11) is 0. The Morgan fingerprint density at radius 2 is 1.88 bits per heavy atom. The van der Waals surface area contributed by atoms with Crippen molar-refractivity contribution in [3.63, 3.8) is 0 Å².